The molecule has 0 aromatic heterocycles. The monoisotopic (exact) mass is 272 g/mol. The van der Waals surface area contributed by atoms with Gasteiger partial charge in [0.2, 0.25) is 0 Å². The maximum absolute atomic E-state index is 12.0. The number of amides is 2. The predicted octanol–water partition coefficient (Wildman–Crippen LogP) is 2.56. The van der Waals surface area contributed by atoms with Crippen LogP contribution in [-0.2, 0) is 4.79 Å². The van der Waals surface area contributed by atoms with E-state index in [-0.39, 0.29) is 6.03 Å². The Hall–Kier alpha value is -1.26. The average Bonchev–Trinajstić information content (AvgIpc) is 2.27. The summed E-state index contributed by atoms with van der Waals surface area (Å²) in [5, 5.41) is 11.3. The van der Waals surface area contributed by atoms with Gasteiger partial charge in [0, 0.05) is 13.1 Å². The molecule has 5 heteroatoms. The number of aliphatic carboxylic acids is 1. The molecular formula is C14H28N2O3. The summed E-state index contributed by atoms with van der Waals surface area (Å²) in [5.74, 6) is 0.0264. The van der Waals surface area contributed by atoms with Crippen molar-refractivity contribution < 1.29 is 14.7 Å². The van der Waals surface area contributed by atoms with Crippen molar-refractivity contribution in [2.75, 3.05) is 13.1 Å². The number of urea groups is 1. The molecule has 0 heterocycles. The van der Waals surface area contributed by atoms with Gasteiger partial charge in [0.05, 0.1) is 0 Å². The second kappa shape index (κ2) is 8.77. The quantitative estimate of drug-likeness (QED) is 0.713. The molecule has 0 spiro atoms. The lowest BCUT2D eigenvalue weighted by Crippen LogP contribution is -2.47. The van der Waals surface area contributed by atoms with Crippen molar-refractivity contribution in [2.45, 2.75) is 53.5 Å². The first-order chi connectivity index (χ1) is 8.73. The van der Waals surface area contributed by atoms with Crippen molar-refractivity contribution in [1.29, 1.82) is 0 Å². The fraction of sp³-hybridized carbons (Fsp3) is 0.857. The molecule has 0 aromatic rings. The summed E-state index contributed by atoms with van der Waals surface area (Å²) < 4.78 is 0. The summed E-state index contributed by atoms with van der Waals surface area (Å²) in [6.45, 7) is 11.3. The zero-order valence-corrected chi connectivity index (χ0v) is 12.8. The highest BCUT2D eigenvalue weighted by molar-refractivity contribution is 5.82. The summed E-state index contributed by atoms with van der Waals surface area (Å²) in [4.78, 5) is 24.5. The van der Waals surface area contributed by atoms with E-state index in [1.807, 2.05) is 0 Å². The molecule has 2 amide bonds. The summed E-state index contributed by atoms with van der Waals surface area (Å²) in [6, 6.07) is -1.13. The molecule has 1 unspecified atom stereocenters. The summed E-state index contributed by atoms with van der Waals surface area (Å²) in [5.41, 5.74) is 0. The van der Waals surface area contributed by atoms with Gasteiger partial charge in [-0.25, -0.2) is 4.79 Å². The van der Waals surface area contributed by atoms with E-state index in [2.05, 4.69) is 33.0 Å². The summed E-state index contributed by atoms with van der Waals surface area (Å²) >= 11 is 0. The minimum atomic E-state index is -1.01. The fourth-order valence-electron chi connectivity index (χ4n) is 1.48. The highest BCUT2D eigenvalue weighted by Gasteiger charge is 2.19. The lowest BCUT2D eigenvalue weighted by atomic mass is 10.1. The van der Waals surface area contributed by atoms with Gasteiger partial charge >= 0.3 is 12.0 Å². The van der Waals surface area contributed by atoms with Crippen LogP contribution < -0.4 is 5.32 Å². The average molecular weight is 272 g/mol. The third kappa shape index (κ3) is 8.46. The van der Waals surface area contributed by atoms with E-state index in [0.29, 0.717) is 24.9 Å². The van der Waals surface area contributed by atoms with Gasteiger partial charge in [-0.1, -0.05) is 27.7 Å². The number of carboxylic acids is 1. The Bertz CT molecular complexity index is 278. The highest BCUT2D eigenvalue weighted by atomic mass is 16.4. The first-order valence-corrected chi connectivity index (χ1v) is 7.02. The highest BCUT2D eigenvalue weighted by Crippen LogP contribution is 2.07. The van der Waals surface area contributed by atoms with Crippen molar-refractivity contribution in [3.8, 4) is 0 Å². The van der Waals surface area contributed by atoms with Crippen LogP contribution in [0.25, 0.3) is 0 Å². The molecule has 0 bridgehead atoms. The molecule has 112 valence electrons. The number of nitrogens with zero attached hydrogens (tertiary/aromatic N) is 1. The first kappa shape index (κ1) is 17.7. The molecule has 0 saturated heterocycles. The zero-order chi connectivity index (χ0) is 15.0. The molecule has 0 fully saturated rings. The third-order valence-corrected chi connectivity index (χ3v) is 2.95. The molecule has 0 rings (SSSR count). The summed E-state index contributed by atoms with van der Waals surface area (Å²) in [6.07, 6.45) is 1.85. The molecular weight excluding hydrogens is 244 g/mol. The van der Waals surface area contributed by atoms with Crippen LogP contribution in [0.4, 0.5) is 4.79 Å². The van der Waals surface area contributed by atoms with Crippen LogP contribution in [0.1, 0.15) is 47.5 Å². The Morgan fingerprint density at radius 1 is 1.00 bits per heavy atom. The fourth-order valence-corrected chi connectivity index (χ4v) is 1.48. The van der Waals surface area contributed by atoms with E-state index >= 15 is 0 Å². The predicted molar refractivity (Wildman–Crippen MR) is 76.1 cm³/mol. The lowest BCUT2D eigenvalue weighted by Gasteiger charge is -2.25. The molecule has 0 aliphatic carbocycles. The van der Waals surface area contributed by atoms with Crippen molar-refractivity contribution in [1.82, 2.24) is 10.2 Å². The number of hydrogen-bond acceptors (Lipinski definition) is 2. The minimum absolute atomic E-state index is 0.281. The Morgan fingerprint density at radius 2 is 1.42 bits per heavy atom. The van der Waals surface area contributed by atoms with Crippen LogP contribution in [-0.4, -0.2) is 41.1 Å². The van der Waals surface area contributed by atoms with Crippen LogP contribution >= 0.6 is 0 Å². The standard InChI is InChI=1S/C14H28N2O3/c1-10(2)6-8-16(9-7-11(3)4)14(19)15-12(5)13(17)18/h10-12H,6-9H2,1-5H3,(H,15,19)(H,17,18). The van der Waals surface area contributed by atoms with E-state index in [1.54, 1.807) is 4.90 Å². The molecule has 0 aromatic carbocycles. The SMILES string of the molecule is CC(C)CCN(CCC(C)C)C(=O)NC(C)C(=O)O. The van der Waals surface area contributed by atoms with Crippen molar-refractivity contribution in [2.24, 2.45) is 11.8 Å². The topological polar surface area (TPSA) is 69.6 Å². The Kier molecular flexibility index (Phi) is 8.19. The van der Waals surface area contributed by atoms with E-state index in [9.17, 15) is 9.59 Å². The van der Waals surface area contributed by atoms with Gasteiger partial charge in [0.1, 0.15) is 6.04 Å². The zero-order valence-electron chi connectivity index (χ0n) is 12.8. The Balaban J connectivity index is 4.43. The molecule has 1 atom stereocenters. The molecule has 5 nitrogen and oxygen atoms in total. The number of carbonyl (C=O) groups is 2. The van der Waals surface area contributed by atoms with Gasteiger partial charge in [-0.15, -0.1) is 0 Å². The number of carbonyl (C=O) groups excluding carboxylic acids is 1. The second-order valence-electron chi connectivity index (χ2n) is 5.86. The Labute approximate surface area is 116 Å². The molecule has 0 aliphatic heterocycles. The van der Waals surface area contributed by atoms with Gasteiger partial charge in [-0.3, -0.25) is 4.79 Å². The van der Waals surface area contributed by atoms with E-state index in [0.717, 1.165) is 12.8 Å². The minimum Gasteiger partial charge on any atom is -0.480 e. The van der Waals surface area contributed by atoms with Gasteiger partial charge in [0.25, 0.3) is 0 Å². The number of rotatable bonds is 8. The van der Waals surface area contributed by atoms with E-state index in [4.69, 9.17) is 5.11 Å². The van der Waals surface area contributed by atoms with Crippen LogP contribution in [0.2, 0.25) is 0 Å². The first-order valence-electron chi connectivity index (χ1n) is 7.02. The summed E-state index contributed by atoms with van der Waals surface area (Å²) in [7, 11) is 0. The number of carboxylic acid groups (broad SMARTS) is 1. The van der Waals surface area contributed by atoms with Crippen LogP contribution in [0, 0.1) is 11.8 Å². The van der Waals surface area contributed by atoms with Gasteiger partial charge in [-0.05, 0) is 31.6 Å². The molecule has 0 saturated carbocycles. The van der Waals surface area contributed by atoms with Crippen LogP contribution in [0.3, 0.4) is 0 Å². The van der Waals surface area contributed by atoms with Crippen molar-refractivity contribution >= 4 is 12.0 Å². The maximum Gasteiger partial charge on any atom is 0.325 e. The van der Waals surface area contributed by atoms with Crippen LogP contribution in [0.15, 0.2) is 0 Å². The van der Waals surface area contributed by atoms with Crippen LogP contribution in [0.5, 0.6) is 0 Å². The normalized spacial score (nSPS) is 12.6. The second-order valence-corrected chi connectivity index (χ2v) is 5.86. The maximum atomic E-state index is 12.0. The van der Waals surface area contributed by atoms with Gasteiger partial charge < -0.3 is 15.3 Å². The number of nitrogens with one attached hydrogen (secondary N) is 1. The molecule has 0 radical (unpaired) electrons. The lowest BCUT2D eigenvalue weighted by molar-refractivity contribution is -0.138. The Morgan fingerprint density at radius 3 is 1.74 bits per heavy atom. The largest absolute Gasteiger partial charge is 0.480 e. The van der Waals surface area contributed by atoms with Crippen molar-refractivity contribution in [3.05, 3.63) is 0 Å². The smallest absolute Gasteiger partial charge is 0.325 e. The van der Waals surface area contributed by atoms with E-state index in [1.165, 1.54) is 6.92 Å². The molecule has 19 heavy (non-hydrogen) atoms. The molecule has 2 N–H and O–H groups in total. The van der Waals surface area contributed by atoms with E-state index < -0.39 is 12.0 Å². The molecule has 0 aliphatic rings. The number of hydrogen-bond donors (Lipinski definition) is 2. The van der Waals surface area contributed by atoms with Crippen molar-refractivity contribution in [3.63, 3.8) is 0 Å². The van der Waals surface area contributed by atoms with Gasteiger partial charge in [0.15, 0.2) is 0 Å². The third-order valence-electron chi connectivity index (χ3n) is 2.95. The van der Waals surface area contributed by atoms with Gasteiger partial charge in [-0.2, -0.15) is 0 Å².